The summed E-state index contributed by atoms with van der Waals surface area (Å²) in [6.07, 6.45) is 3.70. The predicted octanol–water partition coefficient (Wildman–Crippen LogP) is 3.06. The fraction of sp³-hybridized carbons (Fsp3) is 0.615. The molecule has 20 heavy (non-hydrogen) atoms. The van der Waals surface area contributed by atoms with Crippen molar-refractivity contribution in [3.8, 4) is 0 Å². The van der Waals surface area contributed by atoms with Gasteiger partial charge in [-0.3, -0.25) is 4.68 Å². The molecule has 110 valence electrons. The van der Waals surface area contributed by atoms with Crippen molar-refractivity contribution in [2.24, 2.45) is 0 Å². The van der Waals surface area contributed by atoms with Crippen LogP contribution in [-0.2, 0) is 13.0 Å². The van der Waals surface area contributed by atoms with Crippen LogP contribution in [0.5, 0.6) is 0 Å². The zero-order valence-corrected chi connectivity index (χ0v) is 13.6. The first-order chi connectivity index (χ1) is 9.72. The molecule has 7 heteroatoms. The van der Waals surface area contributed by atoms with E-state index >= 15 is 0 Å². The van der Waals surface area contributed by atoms with E-state index in [1.807, 2.05) is 4.68 Å². The number of halogens is 1. The van der Waals surface area contributed by atoms with Gasteiger partial charge in [0, 0.05) is 6.54 Å². The number of nitrogens with one attached hydrogen (secondary N) is 1. The van der Waals surface area contributed by atoms with Crippen molar-refractivity contribution in [3.05, 3.63) is 27.5 Å². The van der Waals surface area contributed by atoms with E-state index in [-0.39, 0.29) is 6.04 Å². The van der Waals surface area contributed by atoms with Crippen LogP contribution in [0.3, 0.4) is 0 Å². The Morgan fingerprint density at radius 1 is 1.40 bits per heavy atom. The lowest BCUT2D eigenvalue weighted by Crippen LogP contribution is -2.25. The summed E-state index contributed by atoms with van der Waals surface area (Å²) in [4.78, 5) is 1.14. The summed E-state index contributed by atoms with van der Waals surface area (Å²) in [6, 6.07) is 0.0106. The van der Waals surface area contributed by atoms with Gasteiger partial charge in [-0.05, 0) is 31.4 Å². The van der Waals surface area contributed by atoms with Gasteiger partial charge in [-0.2, -0.15) is 5.10 Å². The van der Waals surface area contributed by atoms with Gasteiger partial charge in [0.25, 0.3) is 0 Å². The Hall–Kier alpha value is -0.980. The quantitative estimate of drug-likeness (QED) is 0.853. The number of nitrogens with zero attached hydrogens (tertiary/aromatic N) is 4. The minimum Gasteiger partial charge on any atom is -0.304 e. The first-order valence-electron chi connectivity index (χ1n) is 6.98. The van der Waals surface area contributed by atoms with Crippen LogP contribution >= 0.6 is 23.1 Å². The zero-order chi connectivity index (χ0) is 14.5. The number of hydrogen-bond donors (Lipinski definition) is 1. The standard InChI is InChI=1S/C13H20ClN5S/c1-4-7-10-13(20-18-17-10)11(15-5-2)12-9(14)8-16-19(12)6-3/h8,11,15H,4-7H2,1-3H3. The van der Waals surface area contributed by atoms with Gasteiger partial charge in [0.2, 0.25) is 0 Å². The molecule has 0 bridgehead atoms. The molecule has 0 radical (unpaired) electrons. The van der Waals surface area contributed by atoms with E-state index < -0.39 is 0 Å². The third-order valence-electron chi connectivity index (χ3n) is 3.15. The highest BCUT2D eigenvalue weighted by Crippen LogP contribution is 2.32. The second-order valence-electron chi connectivity index (χ2n) is 4.52. The Kier molecular flexibility index (Phi) is 5.51. The predicted molar refractivity (Wildman–Crippen MR) is 82.3 cm³/mol. The molecule has 0 aromatic carbocycles. The maximum Gasteiger partial charge on any atom is 0.0892 e. The maximum absolute atomic E-state index is 6.34. The zero-order valence-electron chi connectivity index (χ0n) is 12.1. The van der Waals surface area contributed by atoms with Gasteiger partial charge >= 0.3 is 0 Å². The first kappa shape index (κ1) is 15.4. The minimum absolute atomic E-state index is 0.0106. The van der Waals surface area contributed by atoms with Crippen LogP contribution in [0, 0.1) is 0 Å². The molecule has 2 aromatic rings. The first-order valence-corrected chi connectivity index (χ1v) is 8.13. The largest absolute Gasteiger partial charge is 0.304 e. The van der Waals surface area contributed by atoms with Crippen LogP contribution in [0.4, 0.5) is 0 Å². The van der Waals surface area contributed by atoms with E-state index in [9.17, 15) is 0 Å². The lowest BCUT2D eigenvalue weighted by Gasteiger charge is -2.19. The van der Waals surface area contributed by atoms with Gasteiger partial charge in [0.05, 0.1) is 33.5 Å². The molecular weight excluding hydrogens is 294 g/mol. The molecular formula is C13H20ClN5S. The number of rotatable bonds is 7. The van der Waals surface area contributed by atoms with Gasteiger partial charge in [-0.1, -0.05) is 36.4 Å². The summed E-state index contributed by atoms with van der Waals surface area (Å²) in [6.45, 7) is 7.93. The number of aromatic nitrogens is 4. The summed E-state index contributed by atoms with van der Waals surface area (Å²) in [5.41, 5.74) is 2.06. The van der Waals surface area contributed by atoms with E-state index in [0.717, 1.165) is 42.2 Å². The van der Waals surface area contributed by atoms with Crippen LogP contribution in [0.25, 0.3) is 0 Å². The van der Waals surface area contributed by atoms with Gasteiger partial charge in [0.15, 0.2) is 0 Å². The molecule has 2 heterocycles. The van der Waals surface area contributed by atoms with Crippen molar-refractivity contribution in [1.29, 1.82) is 0 Å². The monoisotopic (exact) mass is 313 g/mol. The van der Waals surface area contributed by atoms with Gasteiger partial charge in [-0.15, -0.1) is 5.10 Å². The van der Waals surface area contributed by atoms with Gasteiger partial charge < -0.3 is 5.32 Å². The summed E-state index contributed by atoms with van der Waals surface area (Å²) in [7, 11) is 0. The van der Waals surface area contributed by atoms with Gasteiger partial charge in [0.1, 0.15) is 0 Å². The van der Waals surface area contributed by atoms with Crippen LogP contribution in [-0.4, -0.2) is 25.9 Å². The van der Waals surface area contributed by atoms with Gasteiger partial charge in [-0.25, -0.2) is 0 Å². The molecule has 5 nitrogen and oxygen atoms in total. The normalized spacial score (nSPS) is 12.8. The third-order valence-corrected chi connectivity index (χ3v) is 4.27. The van der Waals surface area contributed by atoms with E-state index in [0.29, 0.717) is 5.02 Å². The maximum atomic E-state index is 6.34. The second-order valence-corrected chi connectivity index (χ2v) is 5.71. The molecule has 0 aliphatic rings. The lowest BCUT2D eigenvalue weighted by molar-refractivity contribution is 0.544. The molecule has 0 aliphatic heterocycles. The second kappa shape index (κ2) is 7.15. The summed E-state index contributed by atoms with van der Waals surface area (Å²) in [5, 5.41) is 12.8. The van der Waals surface area contributed by atoms with Crippen molar-refractivity contribution >= 4 is 23.1 Å². The summed E-state index contributed by atoms with van der Waals surface area (Å²) >= 11 is 7.78. The van der Waals surface area contributed by atoms with E-state index in [1.165, 1.54) is 11.5 Å². The van der Waals surface area contributed by atoms with Crippen molar-refractivity contribution in [3.63, 3.8) is 0 Å². The minimum atomic E-state index is 0.0106. The highest BCUT2D eigenvalue weighted by Gasteiger charge is 2.25. The molecule has 2 rings (SSSR count). The molecule has 0 saturated heterocycles. The Balaban J connectivity index is 2.45. The average molecular weight is 314 g/mol. The lowest BCUT2D eigenvalue weighted by atomic mass is 10.1. The summed E-state index contributed by atoms with van der Waals surface area (Å²) < 4.78 is 6.05. The Labute approximate surface area is 128 Å². The number of aryl methyl sites for hydroxylation is 2. The topological polar surface area (TPSA) is 55.6 Å². The molecule has 1 unspecified atom stereocenters. The number of hydrogen-bond acceptors (Lipinski definition) is 5. The van der Waals surface area contributed by atoms with Crippen LogP contribution in [0.2, 0.25) is 5.02 Å². The Morgan fingerprint density at radius 3 is 2.85 bits per heavy atom. The van der Waals surface area contributed by atoms with Crippen molar-refractivity contribution < 1.29 is 0 Å². The van der Waals surface area contributed by atoms with Crippen molar-refractivity contribution in [2.45, 2.75) is 46.2 Å². The van der Waals surface area contributed by atoms with E-state index in [4.69, 9.17) is 11.6 Å². The molecule has 2 aromatic heterocycles. The molecule has 1 N–H and O–H groups in total. The van der Waals surface area contributed by atoms with Crippen LogP contribution < -0.4 is 5.32 Å². The third kappa shape index (κ3) is 3.02. The smallest absolute Gasteiger partial charge is 0.0892 e. The molecule has 0 amide bonds. The fourth-order valence-corrected chi connectivity index (χ4v) is 3.30. The van der Waals surface area contributed by atoms with E-state index in [2.05, 4.69) is 40.8 Å². The average Bonchev–Trinajstić information content (AvgIpc) is 3.04. The molecule has 0 spiro atoms. The summed E-state index contributed by atoms with van der Waals surface area (Å²) in [5.74, 6) is 0. The Bertz CT molecular complexity index is 551. The fourth-order valence-electron chi connectivity index (χ4n) is 2.27. The van der Waals surface area contributed by atoms with Crippen LogP contribution in [0.15, 0.2) is 6.20 Å². The molecule has 1 atom stereocenters. The van der Waals surface area contributed by atoms with E-state index in [1.54, 1.807) is 6.20 Å². The SMILES string of the molecule is CCCc1nnsc1C(NCC)c1c(Cl)cnn1CC. The van der Waals surface area contributed by atoms with Crippen LogP contribution in [0.1, 0.15) is 49.5 Å². The molecule has 0 aliphatic carbocycles. The van der Waals surface area contributed by atoms with Crippen molar-refractivity contribution in [2.75, 3.05) is 6.54 Å². The molecule has 0 fully saturated rings. The van der Waals surface area contributed by atoms with Crippen molar-refractivity contribution in [1.82, 2.24) is 24.7 Å². The Morgan fingerprint density at radius 2 is 2.20 bits per heavy atom. The highest BCUT2D eigenvalue weighted by molar-refractivity contribution is 7.05. The highest BCUT2D eigenvalue weighted by atomic mass is 35.5. The molecule has 0 saturated carbocycles.